The first-order valence-corrected chi connectivity index (χ1v) is 7.19. The molecule has 1 aromatic carbocycles. The maximum absolute atomic E-state index is 13.3. The van der Waals surface area contributed by atoms with Crippen molar-refractivity contribution in [2.75, 3.05) is 5.73 Å². The molecular weight excluding hydrogens is 415 g/mol. The summed E-state index contributed by atoms with van der Waals surface area (Å²) in [4.78, 5) is 0. The third-order valence-electron chi connectivity index (χ3n) is 2.92. The highest BCUT2D eigenvalue weighted by molar-refractivity contribution is 9.11. The van der Waals surface area contributed by atoms with E-state index in [1.165, 1.54) is 16.8 Å². The minimum Gasteiger partial charge on any atom is -0.384 e. The molecule has 0 atom stereocenters. The quantitative estimate of drug-likeness (QED) is 0.718. The van der Waals surface area contributed by atoms with Crippen molar-refractivity contribution in [1.29, 1.82) is 5.26 Å². The number of anilines is 1. The molecule has 0 amide bonds. The molecule has 2 aromatic rings. The van der Waals surface area contributed by atoms with Crippen molar-refractivity contribution in [3.63, 3.8) is 0 Å². The van der Waals surface area contributed by atoms with E-state index < -0.39 is 11.7 Å². The van der Waals surface area contributed by atoms with Gasteiger partial charge in [-0.05, 0) is 40.5 Å². The highest BCUT2D eigenvalue weighted by Gasteiger charge is 2.36. The van der Waals surface area contributed by atoms with Crippen LogP contribution in [0.25, 0.3) is 5.69 Å². The van der Waals surface area contributed by atoms with Crippen LogP contribution in [0.15, 0.2) is 27.3 Å². The van der Waals surface area contributed by atoms with E-state index in [1.54, 1.807) is 6.92 Å². The van der Waals surface area contributed by atoms with Crippen molar-refractivity contribution in [2.45, 2.75) is 13.1 Å². The number of nitrogen functional groups attached to an aromatic ring is 1. The summed E-state index contributed by atoms with van der Waals surface area (Å²) in [5.41, 5.74) is 5.49. The molecule has 3 nitrogen and oxygen atoms in total. The van der Waals surface area contributed by atoms with Crippen LogP contribution in [-0.2, 0) is 6.18 Å². The summed E-state index contributed by atoms with van der Waals surface area (Å²) in [7, 11) is 0. The molecule has 2 N–H and O–H groups in total. The Hall–Kier alpha value is -1.46. The summed E-state index contributed by atoms with van der Waals surface area (Å²) in [5.74, 6) is -0.0245. The molecule has 8 heteroatoms. The standard InChI is InChI=1S/C13H8Br2F3N3/c1-6-5-21(12(20)8(6)4-19)11-9(13(16,17)18)2-7(14)3-10(11)15/h2-3,5H,20H2,1H3. The summed E-state index contributed by atoms with van der Waals surface area (Å²) in [6.07, 6.45) is -3.14. The van der Waals surface area contributed by atoms with Crippen LogP contribution in [-0.4, -0.2) is 4.57 Å². The van der Waals surface area contributed by atoms with Gasteiger partial charge in [0.2, 0.25) is 0 Å². The van der Waals surface area contributed by atoms with Gasteiger partial charge in [-0.3, -0.25) is 0 Å². The Morgan fingerprint density at radius 1 is 1.29 bits per heavy atom. The molecule has 0 saturated carbocycles. The lowest BCUT2D eigenvalue weighted by Crippen LogP contribution is -2.12. The van der Waals surface area contributed by atoms with E-state index >= 15 is 0 Å². The molecule has 0 aliphatic rings. The van der Waals surface area contributed by atoms with Crippen molar-refractivity contribution in [1.82, 2.24) is 4.57 Å². The fraction of sp³-hybridized carbons (Fsp3) is 0.154. The molecule has 0 fully saturated rings. The number of alkyl halides is 3. The molecule has 0 bridgehead atoms. The van der Waals surface area contributed by atoms with Crippen molar-refractivity contribution >= 4 is 37.7 Å². The largest absolute Gasteiger partial charge is 0.418 e. The highest BCUT2D eigenvalue weighted by atomic mass is 79.9. The van der Waals surface area contributed by atoms with Crippen LogP contribution in [0.2, 0.25) is 0 Å². The van der Waals surface area contributed by atoms with Gasteiger partial charge in [0.15, 0.2) is 0 Å². The number of aryl methyl sites for hydroxylation is 1. The zero-order chi connectivity index (χ0) is 15.9. The van der Waals surface area contributed by atoms with Gasteiger partial charge in [-0.1, -0.05) is 15.9 Å². The molecule has 0 aliphatic carbocycles. The number of halogens is 5. The maximum atomic E-state index is 13.3. The summed E-state index contributed by atoms with van der Waals surface area (Å²) in [5, 5.41) is 9.02. The minimum atomic E-state index is -4.56. The van der Waals surface area contributed by atoms with E-state index in [0.29, 0.717) is 5.56 Å². The van der Waals surface area contributed by atoms with Crippen molar-refractivity contribution in [2.24, 2.45) is 0 Å². The number of hydrogen-bond acceptors (Lipinski definition) is 2. The Bertz CT molecular complexity index is 757. The average molecular weight is 423 g/mol. The lowest BCUT2D eigenvalue weighted by atomic mass is 10.1. The number of hydrogen-bond donors (Lipinski definition) is 1. The Morgan fingerprint density at radius 3 is 2.38 bits per heavy atom. The van der Waals surface area contributed by atoms with Gasteiger partial charge in [-0.2, -0.15) is 18.4 Å². The molecule has 0 aliphatic heterocycles. The normalized spacial score (nSPS) is 11.5. The third-order valence-corrected chi connectivity index (χ3v) is 3.98. The second-order valence-electron chi connectivity index (χ2n) is 4.34. The van der Waals surface area contributed by atoms with Crippen LogP contribution in [0.3, 0.4) is 0 Å². The first-order valence-electron chi connectivity index (χ1n) is 5.61. The molecule has 0 spiro atoms. The topological polar surface area (TPSA) is 54.7 Å². The molecule has 0 unspecified atom stereocenters. The molecule has 2 rings (SSSR count). The summed E-state index contributed by atoms with van der Waals surface area (Å²) in [6, 6.07) is 4.36. The predicted molar refractivity (Wildman–Crippen MR) is 80.0 cm³/mol. The van der Waals surface area contributed by atoms with Crippen LogP contribution in [0.4, 0.5) is 19.0 Å². The van der Waals surface area contributed by atoms with Crippen molar-refractivity contribution in [3.8, 4) is 11.8 Å². The van der Waals surface area contributed by atoms with Gasteiger partial charge in [0.1, 0.15) is 11.9 Å². The van der Waals surface area contributed by atoms with Gasteiger partial charge in [0, 0.05) is 15.1 Å². The van der Waals surface area contributed by atoms with E-state index in [4.69, 9.17) is 11.0 Å². The number of nitrogens with zero attached hydrogens (tertiary/aromatic N) is 2. The fourth-order valence-corrected chi connectivity index (χ4v) is 3.42. The van der Waals surface area contributed by atoms with Gasteiger partial charge in [0.05, 0.1) is 16.8 Å². The predicted octanol–water partition coefficient (Wildman–Crippen LogP) is 4.78. The average Bonchev–Trinajstić information content (AvgIpc) is 2.62. The van der Waals surface area contributed by atoms with Gasteiger partial charge >= 0.3 is 6.18 Å². The van der Waals surface area contributed by atoms with Gasteiger partial charge in [-0.15, -0.1) is 0 Å². The maximum Gasteiger partial charge on any atom is 0.418 e. The molecule has 0 radical (unpaired) electrons. The summed E-state index contributed by atoms with van der Waals surface area (Å²) >= 11 is 6.17. The van der Waals surface area contributed by atoms with Crippen LogP contribution in [0.5, 0.6) is 0 Å². The number of aromatic nitrogens is 1. The molecule has 110 valence electrons. The lowest BCUT2D eigenvalue weighted by Gasteiger charge is -2.17. The van der Waals surface area contributed by atoms with E-state index in [1.807, 2.05) is 6.07 Å². The number of rotatable bonds is 1. The molecule has 0 saturated heterocycles. The van der Waals surface area contributed by atoms with E-state index in [0.717, 1.165) is 6.07 Å². The third kappa shape index (κ3) is 2.80. The zero-order valence-corrected chi connectivity index (χ0v) is 13.8. The van der Waals surface area contributed by atoms with E-state index in [9.17, 15) is 13.2 Å². The summed E-state index contributed by atoms with van der Waals surface area (Å²) < 4.78 is 41.4. The Kier molecular flexibility index (Phi) is 4.08. The molecule has 21 heavy (non-hydrogen) atoms. The van der Waals surface area contributed by atoms with Crippen LogP contribution in [0, 0.1) is 18.3 Å². The smallest absolute Gasteiger partial charge is 0.384 e. The minimum absolute atomic E-state index is 0.0245. The zero-order valence-electron chi connectivity index (χ0n) is 10.6. The first-order chi connectivity index (χ1) is 9.66. The summed E-state index contributed by atoms with van der Waals surface area (Å²) in [6.45, 7) is 1.62. The number of nitrogens with two attached hydrogens (primary N) is 1. The van der Waals surface area contributed by atoms with Crippen LogP contribution >= 0.6 is 31.9 Å². The lowest BCUT2D eigenvalue weighted by molar-refractivity contribution is -0.137. The SMILES string of the molecule is Cc1cn(-c2c(Br)cc(Br)cc2C(F)(F)F)c(N)c1C#N. The number of benzene rings is 1. The Balaban J connectivity index is 2.85. The van der Waals surface area contributed by atoms with E-state index in [2.05, 4.69) is 31.9 Å². The first kappa shape index (κ1) is 15.9. The van der Waals surface area contributed by atoms with Gasteiger partial charge in [-0.25, -0.2) is 0 Å². The number of nitriles is 1. The Labute approximate surface area is 135 Å². The van der Waals surface area contributed by atoms with Crippen molar-refractivity contribution < 1.29 is 13.2 Å². The van der Waals surface area contributed by atoms with Gasteiger partial charge < -0.3 is 10.3 Å². The monoisotopic (exact) mass is 421 g/mol. The molecule has 1 aromatic heterocycles. The van der Waals surface area contributed by atoms with Crippen LogP contribution in [0.1, 0.15) is 16.7 Å². The second kappa shape index (κ2) is 5.39. The highest BCUT2D eigenvalue weighted by Crippen LogP contribution is 2.41. The van der Waals surface area contributed by atoms with Gasteiger partial charge in [0.25, 0.3) is 0 Å². The van der Waals surface area contributed by atoms with Crippen LogP contribution < -0.4 is 5.73 Å². The van der Waals surface area contributed by atoms with Crippen molar-refractivity contribution in [3.05, 3.63) is 44.0 Å². The van der Waals surface area contributed by atoms with E-state index in [-0.39, 0.29) is 26.0 Å². The fourth-order valence-electron chi connectivity index (χ4n) is 2.01. The molecular formula is C13H8Br2F3N3. The molecule has 1 heterocycles. The second-order valence-corrected chi connectivity index (χ2v) is 6.11. The Morgan fingerprint density at radius 2 is 1.90 bits per heavy atom.